The minimum atomic E-state index is 0.724. The molecule has 1 saturated heterocycles. The number of aliphatic imine (C=N–C) groups is 1. The van der Waals surface area contributed by atoms with Crippen molar-refractivity contribution in [2.75, 3.05) is 40.3 Å². The van der Waals surface area contributed by atoms with Crippen molar-refractivity contribution in [1.82, 2.24) is 15.1 Å². The molecule has 0 bridgehead atoms. The van der Waals surface area contributed by atoms with Gasteiger partial charge in [-0.2, -0.15) is 0 Å². The van der Waals surface area contributed by atoms with E-state index in [1.807, 2.05) is 19.2 Å². The maximum absolute atomic E-state index is 5.94. The fraction of sp³-hybridized carbons (Fsp3) is 0.611. The highest BCUT2D eigenvalue weighted by molar-refractivity contribution is 6.30. The summed E-state index contributed by atoms with van der Waals surface area (Å²) in [4.78, 5) is 9.13. The van der Waals surface area contributed by atoms with Crippen LogP contribution >= 0.6 is 11.6 Å². The van der Waals surface area contributed by atoms with E-state index in [4.69, 9.17) is 11.6 Å². The average Bonchev–Trinajstić information content (AvgIpc) is 2.98. The Morgan fingerprint density at radius 2 is 2.13 bits per heavy atom. The summed E-state index contributed by atoms with van der Waals surface area (Å²) < 4.78 is 0. The minimum Gasteiger partial charge on any atom is -0.356 e. The summed E-state index contributed by atoms with van der Waals surface area (Å²) in [5.41, 5.74) is 1.23. The Kier molecular flexibility index (Phi) is 7.18. The van der Waals surface area contributed by atoms with E-state index in [9.17, 15) is 0 Å². The quantitative estimate of drug-likeness (QED) is 0.639. The molecule has 1 N–H and O–H groups in total. The van der Waals surface area contributed by atoms with Gasteiger partial charge in [0.15, 0.2) is 5.96 Å². The van der Waals surface area contributed by atoms with Crippen molar-refractivity contribution in [3.63, 3.8) is 0 Å². The van der Waals surface area contributed by atoms with Crippen LogP contribution in [0, 0.1) is 5.92 Å². The van der Waals surface area contributed by atoms with Crippen molar-refractivity contribution >= 4 is 17.6 Å². The fourth-order valence-electron chi connectivity index (χ4n) is 3.16. The first-order valence-electron chi connectivity index (χ1n) is 8.51. The van der Waals surface area contributed by atoms with Gasteiger partial charge >= 0.3 is 0 Å². The maximum atomic E-state index is 5.94. The molecule has 128 valence electrons. The van der Waals surface area contributed by atoms with Gasteiger partial charge in [-0.25, -0.2) is 0 Å². The third-order valence-corrected chi connectivity index (χ3v) is 4.62. The number of guanidine groups is 1. The van der Waals surface area contributed by atoms with Gasteiger partial charge in [0, 0.05) is 38.8 Å². The predicted octanol–water partition coefficient (Wildman–Crippen LogP) is 3.08. The molecule has 1 aliphatic heterocycles. The molecule has 2 rings (SSSR count). The second-order valence-electron chi connectivity index (χ2n) is 6.37. The van der Waals surface area contributed by atoms with Crippen molar-refractivity contribution in [2.45, 2.75) is 26.3 Å². The molecule has 1 aliphatic rings. The number of halogens is 1. The normalized spacial score (nSPS) is 19.1. The van der Waals surface area contributed by atoms with E-state index in [2.05, 4.69) is 46.2 Å². The fourth-order valence-corrected chi connectivity index (χ4v) is 3.28. The second-order valence-corrected chi connectivity index (χ2v) is 6.80. The van der Waals surface area contributed by atoms with Gasteiger partial charge in [-0.1, -0.05) is 30.7 Å². The van der Waals surface area contributed by atoms with E-state index in [0.29, 0.717) is 0 Å². The summed E-state index contributed by atoms with van der Waals surface area (Å²) in [7, 11) is 3.92. The van der Waals surface area contributed by atoms with Gasteiger partial charge in [-0.15, -0.1) is 0 Å². The molecular formula is C18H29ClN4. The van der Waals surface area contributed by atoms with Gasteiger partial charge in [0.2, 0.25) is 0 Å². The van der Waals surface area contributed by atoms with E-state index >= 15 is 0 Å². The Morgan fingerprint density at radius 3 is 2.78 bits per heavy atom. The molecule has 0 saturated carbocycles. The van der Waals surface area contributed by atoms with Gasteiger partial charge in [0.05, 0.1) is 0 Å². The highest BCUT2D eigenvalue weighted by atomic mass is 35.5. The average molecular weight is 337 g/mol. The summed E-state index contributed by atoms with van der Waals surface area (Å²) in [6.07, 6.45) is 2.52. The van der Waals surface area contributed by atoms with Crippen LogP contribution in [-0.4, -0.2) is 56.0 Å². The summed E-state index contributed by atoms with van der Waals surface area (Å²) in [6.45, 7) is 7.74. The smallest absolute Gasteiger partial charge is 0.193 e. The Morgan fingerprint density at radius 1 is 1.39 bits per heavy atom. The molecule has 0 spiro atoms. The van der Waals surface area contributed by atoms with Gasteiger partial charge in [-0.3, -0.25) is 4.99 Å². The third kappa shape index (κ3) is 5.70. The van der Waals surface area contributed by atoms with Crippen LogP contribution in [0.25, 0.3) is 0 Å². The number of hydrogen-bond acceptors (Lipinski definition) is 2. The van der Waals surface area contributed by atoms with Crippen molar-refractivity contribution in [1.29, 1.82) is 0 Å². The standard InChI is InChI=1S/C18H29ClN4/c1-4-10-23-11-9-16(14-23)12-21-18(20-2)22(3)13-15-5-7-17(19)8-6-15/h5-8,16H,4,9-14H2,1-3H3,(H,20,21). The van der Waals surface area contributed by atoms with Crippen molar-refractivity contribution in [3.05, 3.63) is 34.9 Å². The Bertz CT molecular complexity index is 500. The number of rotatable bonds is 6. The SMILES string of the molecule is CCCN1CCC(CNC(=NC)N(C)Cc2ccc(Cl)cc2)C1. The number of benzene rings is 1. The lowest BCUT2D eigenvalue weighted by Crippen LogP contribution is -2.41. The van der Waals surface area contributed by atoms with E-state index in [0.717, 1.165) is 30.0 Å². The zero-order chi connectivity index (χ0) is 16.7. The largest absolute Gasteiger partial charge is 0.356 e. The summed E-state index contributed by atoms with van der Waals surface area (Å²) in [5.74, 6) is 1.68. The molecule has 5 heteroatoms. The monoisotopic (exact) mass is 336 g/mol. The van der Waals surface area contributed by atoms with Crippen LogP contribution in [0.4, 0.5) is 0 Å². The number of likely N-dealkylation sites (tertiary alicyclic amines) is 1. The van der Waals surface area contributed by atoms with Gasteiger partial charge in [0.25, 0.3) is 0 Å². The third-order valence-electron chi connectivity index (χ3n) is 4.37. The van der Waals surface area contributed by atoms with Crippen LogP contribution < -0.4 is 5.32 Å². The highest BCUT2D eigenvalue weighted by Gasteiger charge is 2.22. The summed E-state index contributed by atoms with van der Waals surface area (Å²) >= 11 is 5.94. The number of nitrogens with one attached hydrogen (secondary N) is 1. The van der Waals surface area contributed by atoms with Gasteiger partial charge < -0.3 is 15.1 Å². The number of hydrogen-bond donors (Lipinski definition) is 1. The van der Waals surface area contributed by atoms with Crippen molar-refractivity contribution in [2.24, 2.45) is 10.9 Å². The molecule has 1 aromatic carbocycles. The lowest BCUT2D eigenvalue weighted by molar-refractivity contribution is 0.324. The molecule has 0 radical (unpaired) electrons. The van der Waals surface area contributed by atoms with Crippen LogP contribution in [0.3, 0.4) is 0 Å². The van der Waals surface area contributed by atoms with E-state index in [1.165, 1.54) is 38.0 Å². The lowest BCUT2D eigenvalue weighted by atomic mass is 10.1. The zero-order valence-electron chi connectivity index (χ0n) is 14.6. The first-order valence-corrected chi connectivity index (χ1v) is 8.88. The highest BCUT2D eigenvalue weighted by Crippen LogP contribution is 2.15. The van der Waals surface area contributed by atoms with Crippen LogP contribution in [0.5, 0.6) is 0 Å². The lowest BCUT2D eigenvalue weighted by Gasteiger charge is -2.23. The molecule has 23 heavy (non-hydrogen) atoms. The summed E-state index contributed by atoms with van der Waals surface area (Å²) in [6, 6.07) is 7.99. The molecule has 0 aliphatic carbocycles. The molecule has 1 aromatic rings. The van der Waals surface area contributed by atoms with Gasteiger partial charge in [0.1, 0.15) is 0 Å². The van der Waals surface area contributed by atoms with E-state index < -0.39 is 0 Å². The van der Waals surface area contributed by atoms with Crippen LogP contribution in [0.1, 0.15) is 25.3 Å². The molecule has 1 heterocycles. The number of nitrogens with zero attached hydrogens (tertiary/aromatic N) is 3. The molecule has 1 fully saturated rings. The van der Waals surface area contributed by atoms with Crippen LogP contribution in [0.2, 0.25) is 5.02 Å². The molecular weight excluding hydrogens is 308 g/mol. The van der Waals surface area contributed by atoms with Crippen molar-refractivity contribution < 1.29 is 0 Å². The van der Waals surface area contributed by atoms with Crippen molar-refractivity contribution in [3.8, 4) is 0 Å². The Hall–Kier alpha value is -1.26. The Balaban J connectivity index is 1.79. The molecule has 0 aromatic heterocycles. The topological polar surface area (TPSA) is 30.9 Å². The summed E-state index contributed by atoms with van der Waals surface area (Å²) in [5, 5.41) is 4.30. The zero-order valence-corrected chi connectivity index (χ0v) is 15.3. The van der Waals surface area contributed by atoms with Crippen LogP contribution in [0.15, 0.2) is 29.3 Å². The maximum Gasteiger partial charge on any atom is 0.193 e. The second kappa shape index (κ2) is 9.14. The van der Waals surface area contributed by atoms with Crippen LogP contribution in [-0.2, 0) is 6.54 Å². The Labute approximate surface area is 145 Å². The molecule has 4 nitrogen and oxygen atoms in total. The first kappa shape index (κ1) is 18.1. The first-order chi connectivity index (χ1) is 11.1. The molecule has 1 unspecified atom stereocenters. The minimum absolute atomic E-state index is 0.724. The molecule has 0 amide bonds. The van der Waals surface area contributed by atoms with E-state index in [1.54, 1.807) is 0 Å². The van der Waals surface area contributed by atoms with E-state index in [-0.39, 0.29) is 0 Å². The van der Waals surface area contributed by atoms with Gasteiger partial charge in [-0.05, 0) is 49.5 Å². The predicted molar refractivity (Wildman–Crippen MR) is 99.1 cm³/mol. The molecule has 1 atom stereocenters.